The minimum absolute atomic E-state index is 0.727. The molecule has 0 spiro atoms. The third-order valence-corrected chi connectivity index (χ3v) is 3.72. The third kappa shape index (κ3) is 2.01. The molecule has 1 aromatic carbocycles. The van der Waals surface area contributed by atoms with Gasteiger partial charge in [0.25, 0.3) is 0 Å². The molecule has 0 amide bonds. The fourth-order valence-electron chi connectivity index (χ4n) is 1.63. The fraction of sp³-hybridized carbons (Fsp3) is 0.167. The molecule has 78 valence electrons. The monoisotopic (exact) mass is 237 g/mol. The van der Waals surface area contributed by atoms with E-state index in [-0.39, 0.29) is 0 Å². The first-order valence-corrected chi connectivity index (χ1v) is 5.90. The Morgan fingerprint density at radius 1 is 1.20 bits per heavy atom. The van der Waals surface area contributed by atoms with Gasteiger partial charge in [-0.25, -0.2) is 0 Å². The lowest BCUT2D eigenvalue weighted by Crippen LogP contribution is -1.88. The number of hydrogen-bond acceptors (Lipinski definition) is 2. The maximum Gasteiger partial charge on any atom is 0.0413 e. The second-order valence-corrected chi connectivity index (χ2v) is 5.29. The minimum atomic E-state index is 0.727. The number of benzene rings is 1. The highest BCUT2D eigenvalue weighted by atomic mass is 35.5. The molecule has 1 heterocycles. The van der Waals surface area contributed by atoms with Gasteiger partial charge in [0.05, 0.1) is 0 Å². The molecule has 0 atom stereocenters. The number of nitrogens with two attached hydrogens (primary N) is 1. The molecule has 0 bridgehead atoms. The largest absolute Gasteiger partial charge is 0.398 e. The first-order valence-electron chi connectivity index (χ1n) is 4.70. The Morgan fingerprint density at radius 2 is 1.93 bits per heavy atom. The standard InChI is InChI=1S/C12H12ClNS/c1-7-5-8(2)15-12(7)10-6-9(13)3-4-11(10)14/h3-6H,14H2,1-2H3. The normalized spacial score (nSPS) is 10.6. The summed E-state index contributed by atoms with van der Waals surface area (Å²) in [6, 6.07) is 7.76. The topological polar surface area (TPSA) is 26.0 Å². The van der Waals surface area contributed by atoms with Crippen LogP contribution in [0.1, 0.15) is 10.4 Å². The van der Waals surface area contributed by atoms with E-state index in [1.54, 1.807) is 11.3 Å². The van der Waals surface area contributed by atoms with Gasteiger partial charge in [0.2, 0.25) is 0 Å². The van der Waals surface area contributed by atoms with Crippen LogP contribution in [0.15, 0.2) is 24.3 Å². The van der Waals surface area contributed by atoms with E-state index in [0.717, 1.165) is 16.3 Å². The molecule has 2 rings (SSSR count). The number of halogens is 1. The van der Waals surface area contributed by atoms with Crippen molar-refractivity contribution < 1.29 is 0 Å². The maximum absolute atomic E-state index is 5.97. The van der Waals surface area contributed by atoms with Crippen molar-refractivity contribution in [3.63, 3.8) is 0 Å². The maximum atomic E-state index is 5.97. The van der Waals surface area contributed by atoms with Crippen LogP contribution in [-0.2, 0) is 0 Å². The smallest absolute Gasteiger partial charge is 0.0413 e. The van der Waals surface area contributed by atoms with E-state index in [1.807, 2.05) is 18.2 Å². The second kappa shape index (κ2) is 3.87. The van der Waals surface area contributed by atoms with Crippen molar-refractivity contribution in [2.45, 2.75) is 13.8 Å². The number of rotatable bonds is 1. The Hall–Kier alpha value is -0.990. The van der Waals surface area contributed by atoms with Gasteiger partial charge in [-0.15, -0.1) is 11.3 Å². The average Bonchev–Trinajstić information content (AvgIpc) is 2.50. The molecule has 0 unspecified atom stereocenters. The van der Waals surface area contributed by atoms with Crippen molar-refractivity contribution in [3.8, 4) is 10.4 Å². The minimum Gasteiger partial charge on any atom is -0.398 e. The lowest BCUT2D eigenvalue weighted by molar-refractivity contribution is 1.50. The van der Waals surface area contributed by atoms with Crippen molar-refractivity contribution in [1.82, 2.24) is 0 Å². The van der Waals surface area contributed by atoms with Gasteiger partial charge in [0.1, 0.15) is 0 Å². The zero-order chi connectivity index (χ0) is 11.0. The van der Waals surface area contributed by atoms with Gasteiger partial charge in [-0.05, 0) is 43.7 Å². The molecule has 0 aliphatic rings. The van der Waals surface area contributed by atoms with Gasteiger partial charge in [-0.2, -0.15) is 0 Å². The Balaban J connectivity index is 2.62. The average molecular weight is 238 g/mol. The number of anilines is 1. The van der Waals surface area contributed by atoms with E-state index in [1.165, 1.54) is 15.3 Å². The van der Waals surface area contributed by atoms with Crippen molar-refractivity contribution in [2.75, 3.05) is 5.73 Å². The van der Waals surface area contributed by atoms with Crippen LogP contribution in [0, 0.1) is 13.8 Å². The molecule has 15 heavy (non-hydrogen) atoms. The molecule has 0 aliphatic heterocycles. The van der Waals surface area contributed by atoms with Crippen LogP contribution in [0.5, 0.6) is 0 Å². The molecule has 0 radical (unpaired) electrons. The number of hydrogen-bond donors (Lipinski definition) is 1. The summed E-state index contributed by atoms with van der Waals surface area (Å²) in [5.41, 5.74) is 9.03. The fourth-order valence-corrected chi connectivity index (χ4v) is 2.87. The molecule has 3 heteroatoms. The van der Waals surface area contributed by atoms with Crippen LogP contribution in [-0.4, -0.2) is 0 Å². The van der Waals surface area contributed by atoms with E-state index in [9.17, 15) is 0 Å². The summed E-state index contributed by atoms with van der Waals surface area (Å²) in [5.74, 6) is 0. The summed E-state index contributed by atoms with van der Waals surface area (Å²) in [7, 11) is 0. The van der Waals surface area contributed by atoms with E-state index in [0.29, 0.717) is 0 Å². The van der Waals surface area contributed by atoms with Gasteiger partial charge >= 0.3 is 0 Å². The molecule has 0 fully saturated rings. The van der Waals surface area contributed by atoms with Crippen LogP contribution in [0.4, 0.5) is 5.69 Å². The number of nitrogen functional groups attached to an aromatic ring is 1. The predicted octanol–water partition coefficient (Wildman–Crippen LogP) is 4.27. The summed E-state index contributed by atoms with van der Waals surface area (Å²) >= 11 is 7.73. The van der Waals surface area contributed by atoms with Crippen molar-refractivity contribution in [3.05, 3.63) is 39.7 Å². The molecule has 0 aliphatic carbocycles. The first-order chi connectivity index (χ1) is 7.08. The highest BCUT2D eigenvalue weighted by Gasteiger charge is 2.09. The quantitative estimate of drug-likeness (QED) is 0.737. The van der Waals surface area contributed by atoms with Gasteiger partial charge < -0.3 is 5.73 Å². The third-order valence-electron chi connectivity index (χ3n) is 2.30. The van der Waals surface area contributed by atoms with Crippen LogP contribution >= 0.6 is 22.9 Å². The van der Waals surface area contributed by atoms with E-state index in [2.05, 4.69) is 19.9 Å². The molecular weight excluding hydrogens is 226 g/mol. The van der Waals surface area contributed by atoms with Crippen LogP contribution in [0.3, 0.4) is 0 Å². The number of aryl methyl sites for hydroxylation is 2. The van der Waals surface area contributed by atoms with Crippen molar-refractivity contribution in [2.24, 2.45) is 0 Å². The zero-order valence-corrected chi connectivity index (χ0v) is 10.2. The van der Waals surface area contributed by atoms with Crippen molar-refractivity contribution >= 4 is 28.6 Å². The van der Waals surface area contributed by atoms with E-state index in [4.69, 9.17) is 17.3 Å². The molecular formula is C12H12ClNS. The molecule has 1 aromatic heterocycles. The summed E-state index contributed by atoms with van der Waals surface area (Å²) in [6.45, 7) is 4.20. The van der Waals surface area contributed by atoms with Gasteiger partial charge in [-0.3, -0.25) is 0 Å². The zero-order valence-electron chi connectivity index (χ0n) is 8.67. The van der Waals surface area contributed by atoms with Gasteiger partial charge in [-0.1, -0.05) is 11.6 Å². The van der Waals surface area contributed by atoms with Crippen LogP contribution < -0.4 is 5.73 Å². The molecule has 0 saturated carbocycles. The van der Waals surface area contributed by atoms with Crippen molar-refractivity contribution in [1.29, 1.82) is 0 Å². The molecule has 0 saturated heterocycles. The lowest BCUT2D eigenvalue weighted by Gasteiger charge is -2.05. The van der Waals surface area contributed by atoms with Gasteiger partial charge in [0, 0.05) is 26.0 Å². The predicted molar refractivity (Wildman–Crippen MR) is 68.7 cm³/mol. The Kier molecular flexibility index (Phi) is 2.72. The summed E-state index contributed by atoms with van der Waals surface area (Å²) in [6.07, 6.45) is 0. The highest BCUT2D eigenvalue weighted by Crippen LogP contribution is 2.36. The lowest BCUT2D eigenvalue weighted by atomic mass is 10.1. The second-order valence-electron chi connectivity index (χ2n) is 3.60. The van der Waals surface area contributed by atoms with E-state index < -0.39 is 0 Å². The number of thiophene rings is 1. The molecule has 2 aromatic rings. The van der Waals surface area contributed by atoms with Crippen LogP contribution in [0.25, 0.3) is 10.4 Å². The Morgan fingerprint density at radius 3 is 2.53 bits per heavy atom. The summed E-state index contributed by atoms with van der Waals surface area (Å²) < 4.78 is 0. The molecule has 2 N–H and O–H groups in total. The molecule has 1 nitrogen and oxygen atoms in total. The van der Waals surface area contributed by atoms with E-state index >= 15 is 0 Å². The first kappa shape index (κ1) is 10.5. The SMILES string of the molecule is Cc1cc(C)c(-c2cc(Cl)ccc2N)s1. The summed E-state index contributed by atoms with van der Waals surface area (Å²) in [5, 5.41) is 0.727. The van der Waals surface area contributed by atoms with Crippen LogP contribution in [0.2, 0.25) is 5.02 Å². The Bertz CT molecular complexity index is 502. The van der Waals surface area contributed by atoms with Gasteiger partial charge in [0.15, 0.2) is 0 Å². The summed E-state index contributed by atoms with van der Waals surface area (Å²) in [4.78, 5) is 2.51. The Labute approximate surface area is 98.5 Å². The highest BCUT2D eigenvalue weighted by molar-refractivity contribution is 7.15.